The lowest BCUT2D eigenvalue weighted by atomic mass is 10.2. The molecule has 7 nitrogen and oxygen atoms in total. The Morgan fingerprint density at radius 2 is 1.81 bits per heavy atom. The molecule has 1 aliphatic heterocycles. The van der Waals surface area contributed by atoms with Crippen LogP contribution in [0.3, 0.4) is 0 Å². The van der Waals surface area contributed by atoms with E-state index < -0.39 is 14.9 Å². The largest absolute Gasteiger partial charge is 0.379 e. The molecule has 10 heteroatoms. The van der Waals surface area contributed by atoms with Crippen molar-refractivity contribution in [2.45, 2.75) is 15.5 Å². The molecule has 1 aliphatic rings. The fourth-order valence-electron chi connectivity index (χ4n) is 2.60. The van der Waals surface area contributed by atoms with Crippen molar-refractivity contribution in [3.8, 4) is 0 Å². The number of benzene rings is 2. The van der Waals surface area contributed by atoms with E-state index in [1.807, 2.05) is 12.1 Å². The van der Waals surface area contributed by atoms with Crippen LogP contribution in [0.15, 0.2) is 52.3 Å². The van der Waals surface area contributed by atoms with Crippen molar-refractivity contribution >= 4 is 39.1 Å². The first-order chi connectivity index (χ1) is 12.9. The highest BCUT2D eigenvalue weighted by Gasteiger charge is 2.30. The molecule has 0 spiro atoms. The van der Waals surface area contributed by atoms with Gasteiger partial charge in [-0.05, 0) is 23.8 Å². The number of sulfonamides is 1. The lowest BCUT2D eigenvalue weighted by molar-refractivity contribution is -0.385. The molecule has 0 bridgehead atoms. The molecule has 1 saturated heterocycles. The van der Waals surface area contributed by atoms with Crippen LogP contribution >= 0.6 is 23.4 Å². The zero-order valence-electron chi connectivity index (χ0n) is 14.2. The van der Waals surface area contributed by atoms with Gasteiger partial charge in [-0.15, -0.1) is 11.8 Å². The molecule has 1 heterocycles. The molecule has 0 N–H and O–H groups in total. The van der Waals surface area contributed by atoms with E-state index in [0.29, 0.717) is 28.9 Å². The SMILES string of the molecule is O=[N+]([O-])c1ccc(SCc2ccc(Cl)cc2)c(S(=O)(=O)N2CCOCC2)c1. The quantitative estimate of drug-likeness (QED) is 0.397. The lowest BCUT2D eigenvalue weighted by Gasteiger charge is -2.26. The van der Waals surface area contributed by atoms with Crippen LogP contribution in [-0.4, -0.2) is 43.9 Å². The Hall–Kier alpha value is -1.65. The van der Waals surface area contributed by atoms with Crippen LogP contribution in [0.4, 0.5) is 5.69 Å². The number of rotatable bonds is 6. The van der Waals surface area contributed by atoms with Gasteiger partial charge in [0.05, 0.1) is 18.1 Å². The van der Waals surface area contributed by atoms with Crippen LogP contribution in [0.2, 0.25) is 5.02 Å². The zero-order valence-corrected chi connectivity index (χ0v) is 16.6. The van der Waals surface area contributed by atoms with Gasteiger partial charge in [0.15, 0.2) is 0 Å². The molecule has 0 radical (unpaired) electrons. The van der Waals surface area contributed by atoms with Gasteiger partial charge in [-0.25, -0.2) is 8.42 Å². The standard InChI is InChI=1S/C17H17ClN2O5S2/c18-14-3-1-13(2-4-14)12-26-16-6-5-15(20(21)22)11-17(16)27(23,24)19-7-9-25-10-8-19/h1-6,11H,7-10,12H2. The number of hydrogen-bond acceptors (Lipinski definition) is 6. The number of halogens is 1. The molecule has 27 heavy (non-hydrogen) atoms. The predicted octanol–water partition coefficient (Wildman–Crippen LogP) is 3.56. The molecule has 0 unspecified atom stereocenters. The molecule has 0 atom stereocenters. The molecule has 0 amide bonds. The fraction of sp³-hybridized carbons (Fsp3) is 0.294. The molecule has 1 fully saturated rings. The summed E-state index contributed by atoms with van der Waals surface area (Å²) in [5.41, 5.74) is 0.718. The van der Waals surface area contributed by atoms with Crippen LogP contribution in [0, 0.1) is 10.1 Å². The van der Waals surface area contributed by atoms with Crippen molar-refractivity contribution < 1.29 is 18.1 Å². The normalized spacial score (nSPS) is 15.6. The topological polar surface area (TPSA) is 89.8 Å². The first-order valence-electron chi connectivity index (χ1n) is 8.11. The fourth-order valence-corrected chi connectivity index (χ4v) is 5.60. The number of morpholine rings is 1. The van der Waals surface area contributed by atoms with Gasteiger partial charge in [0.25, 0.3) is 5.69 Å². The molecule has 0 saturated carbocycles. The minimum absolute atomic E-state index is 0.0439. The Bertz CT molecular complexity index is 929. The first-order valence-corrected chi connectivity index (χ1v) is 10.9. The summed E-state index contributed by atoms with van der Waals surface area (Å²) >= 11 is 7.20. The van der Waals surface area contributed by atoms with Crippen molar-refractivity contribution in [2.24, 2.45) is 0 Å². The summed E-state index contributed by atoms with van der Waals surface area (Å²) in [6.07, 6.45) is 0. The Morgan fingerprint density at radius 3 is 2.44 bits per heavy atom. The smallest absolute Gasteiger partial charge is 0.270 e. The summed E-state index contributed by atoms with van der Waals surface area (Å²) in [5.74, 6) is 0.514. The molecule has 0 aromatic heterocycles. The van der Waals surface area contributed by atoms with Gasteiger partial charge in [-0.2, -0.15) is 4.31 Å². The van der Waals surface area contributed by atoms with Gasteiger partial charge in [0, 0.05) is 40.9 Å². The van der Waals surface area contributed by atoms with Gasteiger partial charge in [-0.1, -0.05) is 23.7 Å². The van der Waals surface area contributed by atoms with E-state index in [2.05, 4.69) is 0 Å². The molecule has 3 rings (SSSR count). The van der Waals surface area contributed by atoms with Crippen LogP contribution < -0.4 is 0 Å². The van der Waals surface area contributed by atoms with E-state index in [0.717, 1.165) is 11.6 Å². The van der Waals surface area contributed by atoms with Crippen molar-refractivity contribution in [3.05, 3.63) is 63.2 Å². The highest BCUT2D eigenvalue weighted by atomic mass is 35.5. The van der Waals surface area contributed by atoms with E-state index in [9.17, 15) is 18.5 Å². The maximum atomic E-state index is 13.1. The van der Waals surface area contributed by atoms with E-state index in [4.69, 9.17) is 16.3 Å². The molecular weight excluding hydrogens is 412 g/mol. The van der Waals surface area contributed by atoms with Crippen LogP contribution in [0.25, 0.3) is 0 Å². The second kappa shape index (κ2) is 8.57. The minimum Gasteiger partial charge on any atom is -0.379 e. The zero-order chi connectivity index (χ0) is 19.4. The number of nitro benzene ring substituents is 1. The summed E-state index contributed by atoms with van der Waals surface area (Å²) in [6, 6.07) is 11.2. The predicted molar refractivity (Wildman–Crippen MR) is 104 cm³/mol. The third kappa shape index (κ3) is 4.80. The minimum atomic E-state index is -3.85. The Kier molecular flexibility index (Phi) is 6.38. The average molecular weight is 429 g/mol. The van der Waals surface area contributed by atoms with Crippen molar-refractivity contribution in [3.63, 3.8) is 0 Å². The molecule has 2 aromatic carbocycles. The van der Waals surface area contributed by atoms with Crippen LogP contribution in [0.5, 0.6) is 0 Å². The molecule has 144 valence electrons. The van der Waals surface area contributed by atoms with Gasteiger partial charge in [0.2, 0.25) is 10.0 Å². The van der Waals surface area contributed by atoms with Crippen LogP contribution in [-0.2, 0) is 20.5 Å². The second-order valence-electron chi connectivity index (χ2n) is 5.82. The van der Waals surface area contributed by atoms with Crippen molar-refractivity contribution in [2.75, 3.05) is 26.3 Å². The van der Waals surface area contributed by atoms with E-state index in [1.54, 1.807) is 12.1 Å². The second-order valence-corrected chi connectivity index (χ2v) is 9.18. The first kappa shape index (κ1) is 20.1. The van der Waals surface area contributed by atoms with Gasteiger partial charge in [0.1, 0.15) is 4.90 Å². The Labute approximate surface area is 166 Å². The number of hydrogen-bond donors (Lipinski definition) is 0. The van der Waals surface area contributed by atoms with Crippen molar-refractivity contribution in [1.82, 2.24) is 4.31 Å². The highest BCUT2D eigenvalue weighted by Crippen LogP contribution is 2.34. The van der Waals surface area contributed by atoms with Gasteiger partial charge in [-0.3, -0.25) is 10.1 Å². The third-order valence-electron chi connectivity index (χ3n) is 4.03. The number of nitrogens with zero attached hydrogens (tertiary/aromatic N) is 2. The summed E-state index contributed by atoms with van der Waals surface area (Å²) in [7, 11) is -3.85. The van der Waals surface area contributed by atoms with E-state index in [-0.39, 0.29) is 23.7 Å². The number of nitro groups is 1. The Morgan fingerprint density at radius 1 is 1.15 bits per heavy atom. The lowest BCUT2D eigenvalue weighted by Crippen LogP contribution is -2.40. The van der Waals surface area contributed by atoms with Crippen LogP contribution in [0.1, 0.15) is 5.56 Å². The maximum absolute atomic E-state index is 13.1. The highest BCUT2D eigenvalue weighted by molar-refractivity contribution is 7.99. The summed E-state index contributed by atoms with van der Waals surface area (Å²) in [4.78, 5) is 11.0. The number of thioether (sulfide) groups is 1. The third-order valence-corrected chi connectivity index (χ3v) is 7.50. The monoisotopic (exact) mass is 428 g/mol. The Balaban J connectivity index is 1.92. The summed E-state index contributed by atoms with van der Waals surface area (Å²) in [6.45, 7) is 1.07. The molecule has 0 aliphatic carbocycles. The number of non-ortho nitro benzene ring substituents is 1. The van der Waals surface area contributed by atoms with Crippen molar-refractivity contribution in [1.29, 1.82) is 0 Å². The maximum Gasteiger partial charge on any atom is 0.270 e. The summed E-state index contributed by atoms with van der Waals surface area (Å²) < 4.78 is 32.6. The van der Waals surface area contributed by atoms with E-state index >= 15 is 0 Å². The van der Waals surface area contributed by atoms with Gasteiger partial charge < -0.3 is 4.74 Å². The van der Waals surface area contributed by atoms with Gasteiger partial charge >= 0.3 is 0 Å². The van der Waals surface area contributed by atoms with E-state index in [1.165, 1.54) is 28.2 Å². The average Bonchev–Trinajstić information content (AvgIpc) is 2.68. The molecule has 2 aromatic rings. The number of ether oxygens (including phenoxy) is 1. The summed E-state index contributed by atoms with van der Waals surface area (Å²) in [5, 5.41) is 11.8. The molecular formula is C17H17ClN2O5S2.